The minimum absolute atomic E-state index is 0.0365. The zero-order valence-corrected chi connectivity index (χ0v) is 16.5. The standard InChI is InChI=1S/C21H28N4O3/c1-23-18-5-3-2-4-17(18)19(22-23)20(26)25-8-6-21(7-9-25)14-16(15-28-21)24-10-12-27-13-11-24/h2-5,16H,6-15H2,1H3. The van der Waals surface area contributed by atoms with Crippen molar-refractivity contribution in [1.29, 1.82) is 0 Å². The Bertz CT molecular complexity index is 866. The molecule has 7 heteroatoms. The first kappa shape index (κ1) is 18.1. The van der Waals surface area contributed by atoms with Crippen LogP contribution in [0.1, 0.15) is 29.8 Å². The van der Waals surface area contributed by atoms with Gasteiger partial charge in [-0.15, -0.1) is 0 Å². The lowest BCUT2D eigenvalue weighted by Gasteiger charge is -2.39. The molecule has 0 saturated carbocycles. The number of fused-ring (bicyclic) bond motifs is 1. The molecule has 1 aromatic carbocycles. The zero-order chi connectivity index (χ0) is 19.1. The highest BCUT2D eigenvalue weighted by atomic mass is 16.5. The van der Waals surface area contributed by atoms with E-state index in [1.165, 1.54) is 0 Å². The van der Waals surface area contributed by atoms with Gasteiger partial charge in [-0.1, -0.05) is 18.2 Å². The number of para-hydroxylation sites is 1. The van der Waals surface area contributed by atoms with E-state index in [0.29, 0.717) is 11.7 Å². The maximum atomic E-state index is 13.1. The summed E-state index contributed by atoms with van der Waals surface area (Å²) < 4.78 is 13.6. The van der Waals surface area contributed by atoms with Crippen LogP contribution in [0.15, 0.2) is 24.3 Å². The lowest BCUT2D eigenvalue weighted by Crippen LogP contribution is -2.48. The Morgan fingerprint density at radius 2 is 1.89 bits per heavy atom. The first-order valence-corrected chi connectivity index (χ1v) is 10.3. The number of carbonyl (C=O) groups is 1. The lowest BCUT2D eigenvalue weighted by atomic mass is 9.87. The van der Waals surface area contributed by atoms with Crippen molar-refractivity contribution in [3.8, 4) is 0 Å². The summed E-state index contributed by atoms with van der Waals surface area (Å²) >= 11 is 0. The van der Waals surface area contributed by atoms with Crippen molar-refractivity contribution in [3.05, 3.63) is 30.0 Å². The topological polar surface area (TPSA) is 59.8 Å². The molecule has 1 amide bonds. The number of carbonyl (C=O) groups excluding carboxylic acids is 1. The van der Waals surface area contributed by atoms with Gasteiger partial charge in [0.25, 0.3) is 5.91 Å². The van der Waals surface area contributed by atoms with Crippen molar-refractivity contribution in [3.63, 3.8) is 0 Å². The number of ether oxygens (including phenoxy) is 2. The first-order chi connectivity index (χ1) is 13.7. The monoisotopic (exact) mass is 384 g/mol. The molecule has 28 heavy (non-hydrogen) atoms. The predicted molar refractivity (Wildman–Crippen MR) is 105 cm³/mol. The number of rotatable bonds is 2. The van der Waals surface area contributed by atoms with Gasteiger partial charge in [-0.05, 0) is 25.3 Å². The summed E-state index contributed by atoms with van der Waals surface area (Å²) in [5.41, 5.74) is 1.49. The Kier molecular flexibility index (Phi) is 4.61. The molecule has 0 bridgehead atoms. The van der Waals surface area contributed by atoms with Crippen LogP contribution in [0.4, 0.5) is 0 Å². The van der Waals surface area contributed by atoms with Gasteiger partial charge in [0.05, 0.1) is 30.9 Å². The smallest absolute Gasteiger partial charge is 0.275 e. The molecule has 3 aliphatic heterocycles. The van der Waals surface area contributed by atoms with Gasteiger partial charge in [0.1, 0.15) is 0 Å². The maximum absolute atomic E-state index is 13.1. The van der Waals surface area contributed by atoms with Crippen LogP contribution >= 0.6 is 0 Å². The fraction of sp³-hybridized carbons (Fsp3) is 0.619. The SMILES string of the molecule is Cn1nc(C(=O)N2CCC3(CC2)CC(N2CCOCC2)CO3)c2ccccc21. The number of hydrogen-bond donors (Lipinski definition) is 0. The molecule has 1 aromatic heterocycles. The number of piperidine rings is 1. The van der Waals surface area contributed by atoms with Crippen LogP contribution in [-0.2, 0) is 16.5 Å². The highest BCUT2D eigenvalue weighted by Crippen LogP contribution is 2.38. The number of morpholine rings is 1. The lowest BCUT2D eigenvalue weighted by molar-refractivity contribution is -0.0401. The minimum atomic E-state index is -0.0636. The largest absolute Gasteiger partial charge is 0.379 e. The van der Waals surface area contributed by atoms with Crippen LogP contribution < -0.4 is 0 Å². The number of nitrogens with zero attached hydrogens (tertiary/aromatic N) is 4. The maximum Gasteiger partial charge on any atom is 0.275 e. The van der Waals surface area contributed by atoms with Gasteiger partial charge in [-0.3, -0.25) is 14.4 Å². The van der Waals surface area contributed by atoms with Gasteiger partial charge in [0.15, 0.2) is 5.69 Å². The van der Waals surface area contributed by atoms with E-state index < -0.39 is 0 Å². The summed E-state index contributed by atoms with van der Waals surface area (Å²) in [4.78, 5) is 17.6. The fourth-order valence-corrected chi connectivity index (χ4v) is 4.98. The van der Waals surface area contributed by atoms with Crippen LogP contribution in [0.2, 0.25) is 0 Å². The minimum Gasteiger partial charge on any atom is -0.379 e. The van der Waals surface area contributed by atoms with Crippen molar-refractivity contribution in [2.45, 2.75) is 30.9 Å². The Morgan fingerprint density at radius 3 is 2.68 bits per heavy atom. The molecule has 1 spiro atoms. The molecular weight excluding hydrogens is 356 g/mol. The van der Waals surface area contributed by atoms with Crippen molar-refractivity contribution in [2.24, 2.45) is 7.05 Å². The Hall–Kier alpha value is -1.96. The average molecular weight is 384 g/mol. The van der Waals surface area contributed by atoms with Gasteiger partial charge in [0.2, 0.25) is 0 Å². The third-order valence-electron chi connectivity index (χ3n) is 6.67. The summed E-state index contributed by atoms with van der Waals surface area (Å²) in [7, 11) is 1.89. The van der Waals surface area contributed by atoms with Gasteiger partial charge in [0, 0.05) is 44.7 Å². The molecular formula is C21H28N4O3. The Morgan fingerprint density at radius 1 is 1.14 bits per heavy atom. The molecule has 7 nitrogen and oxygen atoms in total. The van der Waals surface area contributed by atoms with Crippen LogP contribution in [0.25, 0.3) is 10.9 Å². The van der Waals surface area contributed by atoms with Crippen LogP contribution in [0.3, 0.4) is 0 Å². The van der Waals surface area contributed by atoms with Crippen LogP contribution in [0, 0.1) is 0 Å². The second kappa shape index (κ2) is 7.13. The second-order valence-electron chi connectivity index (χ2n) is 8.28. The quantitative estimate of drug-likeness (QED) is 0.788. The second-order valence-corrected chi connectivity index (χ2v) is 8.28. The van der Waals surface area contributed by atoms with Crippen molar-refractivity contribution in [2.75, 3.05) is 46.0 Å². The number of amides is 1. The third-order valence-corrected chi connectivity index (χ3v) is 6.67. The number of likely N-dealkylation sites (tertiary alicyclic amines) is 1. The molecule has 3 saturated heterocycles. The molecule has 2 aromatic rings. The molecule has 3 fully saturated rings. The predicted octanol–water partition coefficient (Wildman–Crippen LogP) is 1.67. The molecule has 150 valence electrons. The first-order valence-electron chi connectivity index (χ1n) is 10.3. The summed E-state index contributed by atoms with van der Waals surface area (Å²) in [5.74, 6) is 0.0365. The number of aromatic nitrogens is 2. The van der Waals surface area contributed by atoms with Crippen molar-refractivity contribution < 1.29 is 14.3 Å². The Labute approximate surface area is 165 Å². The van der Waals surface area contributed by atoms with E-state index in [1.807, 2.05) is 36.2 Å². The van der Waals surface area contributed by atoms with E-state index in [9.17, 15) is 4.79 Å². The van der Waals surface area contributed by atoms with E-state index in [-0.39, 0.29) is 11.5 Å². The van der Waals surface area contributed by atoms with E-state index in [2.05, 4.69) is 10.00 Å². The third kappa shape index (κ3) is 3.11. The molecule has 4 heterocycles. The number of hydrogen-bond acceptors (Lipinski definition) is 5. The van der Waals surface area contributed by atoms with E-state index >= 15 is 0 Å². The fourth-order valence-electron chi connectivity index (χ4n) is 4.98. The molecule has 0 N–H and O–H groups in total. The molecule has 1 atom stereocenters. The molecule has 3 aliphatic rings. The molecule has 0 aliphatic carbocycles. The van der Waals surface area contributed by atoms with Gasteiger partial charge in [-0.2, -0.15) is 5.10 Å². The van der Waals surface area contributed by atoms with Gasteiger partial charge < -0.3 is 14.4 Å². The normalized spacial score (nSPS) is 25.6. The van der Waals surface area contributed by atoms with E-state index in [4.69, 9.17) is 9.47 Å². The molecule has 1 unspecified atom stereocenters. The molecule has 0 radical (unpaired) electrons. The molecule has 5 rings (SSSR count). The average Bonchev–Trinajstić information content (AvgIpc) is 3.31. The summed E-state index contributed by atoms with van der Waals surface area (Å²) in [6, 6.07) is 8.41. The van der Waals surface area contributed by atoms with Crippen LogP contribution in [-0.4, -0.2) is 83.1 Å². The summed E-state index contributed by atoms with van der Waals surface area (Å²) in [5, 5.41) is 5.43. The van der Waals surface area contributed by atoms with Gasteiger partial charge in [-0.25, -0.2) is 0 Å². The summed E-state index contributed by atoms with van der Waals surface area (Å²) in [6.07, 6.45) is 2.89. The highest BCUT2D eigenvalue weighted by molar-refractivity contribution is 6.04. The zero-order valence-electron chi connectivity index (χ0n) is 16.5. The highest BCUT2D eigenvalue weighted by Gasteiger charge is 2.45. The Balaban J connectivity index is 1.25. The van der Waals surface area contributed by atoms with Gasteiger partial charge >= 0.3 is 0 Å². The van der Waals surface area contributed by atoms with E-state index in [1.54, 1.807) is 4.68 Å². The number of benzene rings is 1. The van der Waals surface area contributed by atoms with Crippen molar-refractivity contribution >= 4 is 16.8 Å². The number of aryl methyl sites for hydroxylation is 1. The summed E-state index contributed by atoms with van der Waals surface area (Å²) in [6.45, 7) is 5.93. The van der Waals surface area contributed by atoms with Crippen LogP contribution in [0.5, 0.6) is 0 Å². The van der Waals surface area contributed by atoms with E-state index in [0.717, 1.165) is 76.2 Å². The van der Waals surface area contributed by atoms with Crippen molar-refractivity contribution in [1.82, 2.24) is 19.6 Å².